The Kier molecular flexibility index (Phi) is 5.65. The first-order valence-electron chi connectivity index (χ1n) is 9.68. The van der Waals surface area contributed by atoms with Crippen molar-refractivity contribution in [2.75, 3.05) is 0 Å². The summed E-state index contributed by atoms with van der Waals surface area (Å²) in [6.07, 6.45) is 4.61. The van der Waals surface area contributed by atoms with Crippen molar-refractivity contribution in [1.29, 1.82) is 0 Å². The molecule has 0 bridgehead atoms. The number of fused-ring (bicyclic) bond motifs is 1. The zero-order valence-corrected chi connectivity index (χ0v) is 15.7. The third-order valence-electron chi connectivity index (χ3n) is 5.73. The Morgan fingerprint density at radius 1 is 1.11 bits per heavy atom. The van der Waals surface area contributed by atoms with Crippen LogP contribution in [0.4, 0.5) is 13.2 Å². The van der Waals surface area contributed by atoms with Crippen molar-refractivity contribution in [3.63, 3.8) is 0 Å². The lowest BCUT2D eigenvalue weighted by Crippen LogP contribution is -2.33. The second-order valence-corrected chi connectivity index (χ2v) is 7.62. The van der Waals surface area contributed by atoms with Crippen molar-refractivity contribution < 1.29 is 22.7 Å². The Labute approximate surface area is 156 Å². The zero-order valence-electron chi connectivity index (χ0n) is 15.7. The molecule has 3 rings (SSSR count). The highest BCUT2D eigenvalue weighted by Crippen LogP contribution is 2.43. The highest BCUT2D eigenvalue weighted by atomic mass is 19.2. The Bertz CT molecular complexity index is 896. The van der Waals surface area contributed by atoms with E-state index in [0.717, 1.165) is 18.9 Å². The van der Waals surface area contributed by atoms with E-state index in [0.29, 0.717) is 38.0 Å². The summed E-state index contributed by atoms with van der Waals surface area (Å²) < 4.78 is 49.2. The molecule has 0 saturated heterocycles. The molecule has 1 aromatic heterocycles. The summed E-state index contributed by atoms with van der Waals surface area (Å²) in [6, 6.07) is 1.09. The van der Waals surface area contributed by atoms with E-state index in [4.69, 9.17) is 4.42 Å². The number of benzene rings is 1. The average molecular weight is 382 g/mol. The molecule has 0 atom stereocenters. The minimum atomic E-state index is -1.54. The van der Waals surface area contributed by atoms with Crippen LogP contribution in [0.15, 0.2) is 15.3 Å². The highest BCUT2D eigenvalue weighted by molar-refractivity contribution is 5.80. The maximum absolute atomic E-state index is 14.8. The molecule has 0 spiro atoms. The highest BCUT2D eigenvalue weighted by Gasteiger charge is 2.38. The number of hydrogen-bond donors (Lipinski definition) is 1. The second kappa shape index (κ2) is 7.66. The molecular formula is C21H25F3O3. The molecule has 0 unspecified atom stereocenters. The van der Waals surface area contributed by atoms with Gasteiger partial charge in [0, 0.05) is 5.56 Å². The summed E-state index contributed by atoms with van der Waals surface area (Å²) in [6.45, 7) is 3.83. The predicted molar refractivity (Wildman–Crippen MR) is 97.1 cm³/mol. The van der Waals surface area contributed by atoms with Gasteiger partial charge in [-0.2, -0.15) is 0 Å². The molecule has 1 aliphatic rings. The largest absolute Gasteiger partial charge is 0.422 e. The van der Waals surface area contributed by atoms with Gasteiger partial charge in [0.25, 0.3) is 0 Å². The molecule has 6 heteroatoms. The van der Waals surface area contributed by atoms with Gasteiger partial charge in [-0.3, -0.25) is 0 Å². The van der Waals surface area contributed by atoms with E-state index in [2.05, 4.69) is 6.92 Å². The Hall–Kier alpha value is -1.82. The fourth-order valence-corrected chi connectivity index (χ4v) is 4.21. The lowest BCUT2D eigenvalue weighted by atomic mass is 9.73. The minimum absolute atomic E-state index is 0.0790. The first-order chi connectivity index (χ1) is 12.8. The molecule has 27 heavy (non-hydrogen) atoms. The maximum Gasteiger partial charge on any atom is 0.342 e. The molecule has 1 N–H and O–H groups in total. The Morgan fingerprint density at radius 2 is 1.78 bits per heavy atom. The molecule has 1 aromatic carbocycles. The van der Waals surface area contributed by atoms with Gasteiger partial charge in [-0.15, -0.1) is 0 Å². The van der Waals surface area contributed by atoms with Crippen LogP contribution in [-0.4, -0.2) is 5.11 Å². The van der Waals surface area contributed by atoms with Gasteiger partial charge in [0.15, 0.2) is 11.6 Å². The van der Waals surface area contributed by atoms with Gasteiger partial charge in [-0.1, -0.05) is 33.1 Å². The summed E-state index contributed by atoms with van der Waals surface area (Å²) >= 11 is 0. The molecule has 2 aromatic rings. The fourth-order valence-electron chi connectivity index (χ4n) is 4.21. The van der Waals surface area contributed by atoms with E-state index < -0.39 is 34.1 Å². The number of hydrogen-bond acceptors (Lipinski definition) is 3. The molecule has 1 saturated carbocycles. The first kappa shape index (κ1) is 19.9. The Morgan fingerprint density at radius 3 is 2.37 bits per heavy atom. The number of rotatable bonds is 5. The molecule has 1 fully saturated rings. The van der Waals surface area contributed by atoms with Crippen LogP contribution in [0.3, 0.4) is 0 Å². The fraction of sp³-hybridized carbons (Fsp3) is 0.571. The van der Waals surface area contributed by atoms with Gasteiger partial charge in [0.05, 0.1) is 16.6 Å². The van der Waals surface area contributed by atoms with E-state index in [1.165, 1.54) is 0 Å². The van der Waals surface area contributed by atoms with Crippen molar-refractivity contribution in [1.82, 2.24) is 0 Å². The van der Waals surface area contributed by atoms with Crippen molar-refractivity contribution in [3.8, 4) is 0 Å². The average Bonchev–Trinajstić information content (AvgIpc) is 2.63. The number of halogens is 3. The lowest BCUT2D eigenvalue weighted by molar-refractivity contribution is -0.0184. The normalized spacial score (nSPS) is 23.1. The molecule has 0 radical (unpaired) electrons. The van der Waals surface area contributed by atoms with Crippen molar-refractivity contribution in [2.24, 2.45) is 5.92 Å². The van der Waals surface area contributed by atoms with Crippen LogP contribution in [0.5, 0.6) is 0 Å². The second-order valence-electron chi connectivity index (χ2n) is 7.62. The summed E-state index contributed by atoms with van der Waals surface area (Å²) in [5.41, 5.74) is -3.34. The minimum Gasteiger partial charge on any atom is -0.422 e. The third-order valence-corrected chi connectivity index (χ3v) is 5.73. The van der Waals surface area contributed by atoms with Crippen molar-refractivity contribution in [3.05, 3.63) is 45.1 Å². The van der Waals surface area contributed by atoms with E-state index in [9.17, 15) is 23.1 Å². The molecule has 0 amide bonds. The molecule has 3 nitrogen and oxygen atoms in total. The van der Waals surface area contributed by atoms with E-state index >= 15 is 0 Å². The molecule has 0 aliphatic heterocycles. The molecular weight excluding hydrogens is 357 g/mol. The summed E-state index contributed by atoms with van der Waals surface area (Å²) in [4.78, 5) is 12.0. The molecule has 1 heterocycles. The molecule has 148 valence electrons. The van der Waals surface area contributed by atoms with Crippen LogP contribution in [0.25, 0.3) is 11.0 Å². The van der Waals surface area contributed by atoms with Crippen LogP contribution in [0.1, 0.15) is 69.9 Å². The van der Waals surface area contributed by atoms with Gasteiger partial charge in [0.1, 0.15) is 11.4 Å². The van der Waals surface area contributed by atoms with Gasteiger partial charge >= 0.3 is 5.63 Å². The van der Waals surface area contributed by atoms with Crippen molar-refractivity contribution in [2.45, 2.75) is 70.8 Å². The topological polar surface area (TPSA) is 50.4 Å². The van der Waals surface area contributed by atoms with E-state index in [-0.39, 0.29) is 23.1 Å². The zero-order chi connectivity index (χ0) is 19.8. The van der Waals surface area contributed by atoms with Gasteiger partial charge in [-0.05, 0) is 44.1 Å². The standard InChI is InChI=1S/C21H25F3O3/c1-3-5-12-7-9-21(26,10-8-12)14-11-15-16(19(24)18(14)23)17(22)13(6-4-2)20(25)27-15/h11-12,26H,3-10H2,1-2H3. The maximum atomic E-state index is 14.8. The van der Waals surface area contributed by atoms with Gasteiger partial charge in [-0.25, -0.2) is 18.0 Å². The van der Waals surface area contributed by atoms with E-state index in [1.807, 2.05) is 0 Å². The van der Waals surface area contributed by atoms with Crippen LogP contribution in [0.2, 0.25) is 0 Å². The lowest BCUT2D eigenvalue weighted by Gasteiger charge is -2.36. The first-order valence-corrected chi connectivity index (χ1v) is 9.68. The summed E-state index contributed by atoms with van der Waals surface area (Å²) in [7, 11) is 0. The predicted octanol–water partition coefficient (Wildman–Crippen LogP) is 5.34. The summed E-state index contributed by atoms with van der Waals surface area (Å²) in [5, 5.41) is 10.3. The quantitative estimate of drug-likeness (QED) is 0.710. The summed E-state index contributed by atoms with van der Waals surface area (Å²) in [5.74, 6) is -3.31. The van der Waals surface area contributed by atoms with Crippen LogP contribution < -0.4 is 5.63 Å². The third kappa shape index (κ3) is 3.51. The SMILES string of the molecule is CCCc1c(F)c2c(F)c(F)c(C3(O)CCC(CCC)CC3)cc2oc1=O. The van der Waals surface area contributed by atoms with Crippen LogP contribution >= 0.6 is 0 Å². The van der Waals surface area contributed by atoms with Gasteiger partial charge < -0.3 is 9.52 Å². The van der Waals surface area contributed by atoms with Gasteiger partial charge in [0.2, 0.25) is 0 Å². The smallest absolute Gasteiger partial charge is 0.342 e. The van der Waals surface area contributed by atoms with Crippen LogP contribution in [-0.2, 0) is 12.0 Å². The van der Waals surface area contributed by atoms with E-state index in [1.54, 1.807) is 6.92 Å². The van der Waals surface area contributed by atoms with Crippen LogP contribution in [0, 0.1) is 23.4 Å². The molecule has 1 aliphatic carbocycles. The monoisotopic (exact) mass is 382 g/mol. The van der Waals surface area contributed by atoms with Crippen molar-refractivity contribution >= 4 is 11.0 Å². The number of aliphatic hydroxyl groups is 1. The Balaban J connectivity index is 2.10.